The van der Waals surface area contributed by atoms with E-state index in [4.69, 9.17) is 0 Å². The summed E-state index contributed by atoms with van der Waals surface area (Å²) in [5.41, 5.74) is 7.22. The number of carbonyl (C=O) groups is 3. The van der Waals surface area contributed by atoms with Gasteiger partial charge in [-0.1, -0.05) is 35.0 Å². The highest BCUT2D eigenvalue weighted by Gasteiger charge is 2.35. The summed E-state index contributed by atoms with van der Waals surface area (Å²) in [5.74, 6) is -1.39. The summed E-state index contributed by atoms with van der Waals surface area (Å²) in [7, 11) is 0. The first-order chi connectivity index (χ1) is 13.0. The fourth-order valence-electron chi connectivity index (χ4n) is 2.94. The standard InChI is InChI=1S/C20H20BrN3O3/c1-2-13-3-9-17(10-4-13)24-12-15(11-18(24)25)20(27)23-22-19(26)14-5-7-16(21)8-6-14/h3-10,15H,2,11-12H2,1H3,(H,22,26)(H,23,27)/t15-/m1/s1. The number of hydrazine groups is 1. The highest BCUT2D eigenvalue weighted by Crippen LogP contribution is 2.25. The molecule has 0 saturated carbocycles. The summed E-state index contributed by atoms with van der Waals surface area (Å²) in [6.07, 6.45) is 1.05. The van der Waals surface area contributed by atoms with Crippen LogP contribution in [-0.2, 0) is 16.0 Å². The van der Waals surface area contributed by atoms with E-state index >= 15 is 0 Å². The molecule has 3 amide bonds. The fourth-order valence-corrected chi connectivity index (χ4v) is 3.20. The normalized spacial score (nSPS) is 16.3. The van der Waals surface area contributed by atoms with Crippen molar-refractivity contribution in [1.29, 1.82) is 0 Å². The van der Waals surface area contributed by atoms with Gasteiger partial charge in [-0.05, 0) is 48.4 Å². The van der Waals surface area contributed by atoms with E-state index in [1.807, 2.05) is 24.3 Å². The molecule has 1 aliphatic heterocycles. The molecule has 6 nitrogen and oxygen atoms in total. The van der Waals surface area contributed by atoms with Crippen molar-refractivity contribution in [2.75, 3.05) is 11.4 Å². The average molecular weight is 430 g/mol. The average Bonchev–Trinajstić information content (AvgIpc) is 3.08. The summed E-state index contributed by atoms with van der Waals surface area (Å²) in [6, 6.07) is 14.5. The lowest BCUT2D eigenvalue weighted by Crippen LogP contribution is -2.45. The third kappa shape index (κ3) is 4.54. The lowest BCUT2D eigenvalue weighted by molar-refractivity contribution is -0.126. The molecule has 0 unspecified atom stereocenters. The Balaban J connectivity index is 1.56. The third-order valence-corrected chi connectivity index (χ3v) is 5.09. The Kier molecular flexibility index (Phi) is 5.91. The molecule has 0 bridgehead atoms. The smallest absolute Gasteiger partial charge is 0.269 e. The number of halogens is 1. The molecule has 1 saturated heterocycles. The zero-order valence-electron chi connectivity index (χ0n) is 14.9. The molecular formula is C20H20BrN3O3. The van der Waals surface area contributed by atoms with Crippen molar-refractivity contribution >= 4 is 39.3 Å². The van der Waals surface area contributed by atoms with Gasteiger partial charge in [0.2, 0.25) is 11.8 Å². The molecule has 1 heterocycles. The first kappa shape index (κ1) is 19.1. The van der Waals surface area contributed by atoms with Gasteiger partial charge in [-0.2, -0.15) is 0 Å². The highest BCUT2D eigenvalue weighted by atomic mass is 79.9. The van der Waals surface area contributed by atoms with Crippen LogP contribution >= 0.6 is 15.9 Å². The van der Waals surface area contributed by atoms with Gasteiger partial charge in [-0.25, -0.2) is 0 Å². The van der Waals surface area contributed by atoms with Gasteiger partial charge in [0.15, 0.2) is 0 Å². The second kappa shape index (κ2) is 8.35. The van der Waals surface area contributed by atoms with Crippen LogP contribution in [0.2, 0.25) is 0 Å². The summed E-state index contributed by atoms with van der Waals surface area (Å²) in [6.45, 7) is 2.36. The fraction of sp³-hybridized carbons (Fsp3) is 0.250. The molecular weight excluding hydrogens is 410 g/mol. The molecule has 1 atom stereocenters. The van der Waals surface area contributed by atoms with Crippen molar-refractivity contribution in [3.05, 3.63) is 64.1 Å². The van der Waals surface area contributed by atoms with E-state index in [9.17, 15) is 14.4 Å². The molecule has 1 fully saturated rings. The van der Waals surface area contributed by atoms with Gasteiger partial charge in [0.1, 0.15) is 0 Å². The second-order valence-corrected chi connectivity index (χ2v) is 7.29. The monoisotopic (exact) mass is 429 g/mol. The number of carbonyl (C=O) groups excluding carboxylic acids is 3. The van der Waals surface area contributed by atoms with E-state index in [2.05, 4.69) is 33.7 Å². The van der Waals surface area contributed by atoms with Crippen molar-refractivity contribution in [3.8, 4) is 0 Å². The summed E-state index contributed by atoms with van der Waals surface area (Å²) in [5, 5.41) is 0. The van der Waals surface area contributed by atoms with E-state index in [0.717, 1.165) is 16.6 Å². The Labute approximate surface area is 166 Å². The second-order valence-electron chi connectivity index (χ2n) is 6.38. The van der Waals surface area contributed by atoms with Crippen molar-refractivity contribution in [2.45, 2.75) is 19.8 Å². The summed E-state index contributed by atoms with van der Waals surface area (Å²) >= 11 is 3.30. The van der Waals surface area contributed by atoms with Crippen LogP contribution in [0, 0.1) is 5.92 Å². The number of aryl methyl sites for hydroxylation is 1. The highest BCUT2D eigenvalue weighted by molar-refractivity contribution is 9.10. The van der Waals surface area contributed by atoms with Gasteiger partial charge < -0.3 is 4.90 Å². The molecule has 0 aromatic heterocycles. The number of benzene rings is 2. The van der Waals surface area contributed by atoms with Gasteiger partial charge in [0.25, 0.3) is 5.91 Å². The van der Waals surface area contributed by atoms with Gasteiger partial charge in [-0.15, -0.1) is 0 Å². The molecule has 2 aromatic rings. The number of hydrogen-bond acceptors (Lipinski definition) is 3. The van der Waals surface area contributed by atoms with Crippen molar-refractivity contribution in [1.82, 2.24) is 10.9 Å². The number of amides is 3. The molecule has 3 rings (SSSR count). The molecule has 0 radical (unpaired) electrons. The van der Waals surface area contributed by atoms with E-state index in [0.29, 0.717) is 12.1 Å². The van der Waals surface area contributed by atoms with Gasteiger partial charge in [-0.3, -0.25) is 25.2 Å². The van der Waals surface area contributed by atoms with Crippen LogP contribution < -0.4 is 15.8 Å². The van der Waals surface area contributed by atoms with E-state index in [-0.39, 0.29) is 18.2 Å². The van der Waals surface area contributed by atoms with Crippen molar-refractivity contribution in [3.63, 3.8) is 0 Å². The number of rotatable bonds is 4. The van der Waals surface area contributed by atoms with Crippen LogP contribution in [0.25, 0.3) is 0 Å². The SMILES string of the molecule is CCc1ccc(N2C[C@H](C(=O)NNC(=O)c3ccc(Br)cc3)CC2=O)cc1. The zero-order chi connectivity index (χ0) is 19.4. The number of nitrogens with zero attached hydrogens (tertiary/aromatic N) is 1. The Bertz CT molecular complexity index is 850. The topological polar surface area (TPSA) is 78.5 Å². The number of nitrogens with one attached hydrogen (secondary N) is 2. The molecule has 140 valence electrons. The van der Waals surface area contributed by atoms with Gasteiger partial charge in [0, 0.05) is 28.7 Å². The van der Waals surface area contributed by atoms with Crippen molar-refractivity contribution in [2.24, 2.45) is 5.92 Å². The van der Waals surface area contributed by atoms with Crippen LogP contribution in [0.15, 0.2) is 53.0 Å². The molecule has 0 aliphatic carbocycles. The predicted molar refractivity (Wildman–Crippen MR) is 106 cm³/mol. The minimum atomic E-state index is -0.506. The maximum absolute atomic E-state index is 12.3. The number of hydrogen-bond donors (Lipinski definition) is 2. The number of anilines is 1. The predicted octanol–water partition coefficient (Wildman–Crippen LogP) is 2.83. The Hall–Kier alpha value is -2.67. The van der Waals surface area contributed by atoms with E-state index in [1.54, 1.807) is 29.2 Å². The first-order valence-electron chi connectivity index (χ1n) is 8.73. The zero-order valence-corrected chi connectivity index (χ0v) is 16.5. The van der Waals surface area contributed by atoms with Crippen LogP contribution in [-0.4, -0.2) is 24.3 Å². The maximum Gasteiger partial charge on any atom is 0.269 e. The minimum Gasteiger partial charge on any atom is -0.312 e. The van der Waals surface area contributed by atoms with Gasteiger partial charge >= 0.3 is 0 Å². The summed E-state index contributed by atoms with van der Waals surface area (Å²) in [4.78, 5) is 38.3. The molecule has 0 spiro atoms. The summed E-state index contributed by atoms with van der Waals surface area (Å²) < 4.78 is 0.861. The van der Waals surface area contributed by atoms with E-state index in [1.165, 1.54) is 5.56 Å². The lowest BCUT2D eigenvalue weighted by atomic mass is 10.1. The van der Waals surface area contributed by atoms with Crippen LogP contribution in [0.1, 0.15) is 29.3 Å². The minimum absolute atomic E-state index is 0.0985. The molecule has 7 heteroatoms. The third-order valence-electron chi connectivity index (χ3n) is 4.56. The molecule has 27 heavy (non-hydrogen) atoms. The molecule has 2 aromatic carbocycles. The van der Waals surface area contributed by atoms with Crippen LogP contribution in [0.3, 0.4) is 0 Å². The lowest BCUT2D eigenvalue weighted by Gasteiger charge is -2.17. The quantitative estimate of drug-likeness (QED) is 0.733. The van der Waals surface area contributed by atoms with Crippen molar-refractivity contribution < 1.29 is 14.4 Å². The Morgan fingerprint density at radius 2 is 1.74 bits per heavy atom. The van der Waals surface area contributed by atoms with E-state index < -0.39 is 11.8 Å². The maximum atomic E-state index is 12.3. The Morgan fingerprint density at radius 3 is 2.37 bits per heavy atom. The van der Waals surface area contributed by atoms with Crippen LogP contribution in [0.4, 0.5) is 5.69 Å². The molecule has 2 N–H and O–H groups in total. The van der Waals surface area contributed by atoms with Crippen LogP contribution in [0.5, 0.6) is 0 Å². The Morgan fingerprint density at radius 1 is 1.07 bits per heavy atom. The largest absolute Gasteiger partial charge is 0.312 e. The molecule has 1 aliphatic rings. The van der Waals surface area contributed by atoms with Gasteiger partial charge in [0.05, 0.1) is 5.92 Å². The first-order valence-corrected chi connectivity index (χ1v) is 9.52.